The Kier molecular flexibility index (Phi) is 4.53. The van der Waals surface area contributed by atoms with Crippen LogP contribution in [0.3, 0.4) is 0 Å². The summed E-state index contributed by atoms with van der Waals surface area (Å²) in [6.45, 7) is 0. The van der Waals surface area contributed by atoms with Gasteiger partial charge >= 0.3 is 0 Å². The third-order valence-corrected chi connectivity index (χ3v) is 3.52. The second-order valence-corrected chi connectivity index (χ2v) is 5.52. The van der Waals surface area contributed by atoms with Gasteiger partial charge in [-0.25, -0.2) is 13.2 Å². The number of halogens is 5. The Morgan fingerprint density at radius 3 is 2.05 bits per heavy atom. The van der Waals surface area contributed by atoms with E-state index >= 15 is 0 Å². The van der Waals surface area contributed by atoms with E-state index in [0.29, 0.717) is 10.0 Å². The van der Waals surface area contributed by atoms with Crippen molar-refractivity contribution in [1.29, 1.82) is 0 Å². The number of alkyl halides is 1. The van der Waals surface area contributed by atoms with Crippen molar-refractivity contribution in [2.24, 2.45) is 0 Å². The molecule has 0 heterocycles. The first-order valence-corrected chi connectivity index (χ1v) is 6.73. The largest absolute Gasteiger partial charge is 0.207 e. The fourth-order valence-corrected chi connectivity index (χ4v) is 2.57. The standard InChI is InChI=1S/C14H9BrClF3/c15-9-6-12(18)14(13(19)7-9)11(16)5-8-1-3-10(17)4-2-8/h1-4,6-7,11H,5H2. The molecule has 2 aromatic rings. The molecule has 0 saturated heterocycles. The smallest absolute Gasteiger partial charge is 0.131 e. The molecular formula is C14H9BrClF3. The Labute approximate surface area is 122 Å². The van der Waals surface area contributed by atoms with E-state index in [0.717, 1.165) is 0 Å². The van der Waals surface area contributed by atoms with Gasteiger partial charge in [-0.3, -0.25) is 0 Å². The van der Waals surface area contributed by atoms with Gasteiger partial charge in [-0.2, -0.15) is 0 Å². The summed E-state index contributed by atoms with van der Waals surface area (Å²) in [4.78, 5) is 0. The molecule has 0 nitrogen and oxygen atoms in total. The van der Waals surface area contributed by atoms with Gasteiger partial charge in [-0.05, 0) is 36.2 Å². The van der Waals surface area contributed by atoms with Crippen molar-refractivity contribution in [2.75, 3.05) is 0 Å². The molecule has 0 bridgehead atoms. The van der Waals surface area contributed by atoms with E-state index in [1.54, 1.807) is 12.1 Å². The fourth-order valence-electron chi connectivity index (χ4n) is 1.78. The lowest BCUT2D eigenvalue weighted by Crippen LogP contribution is -2.03. The molecule has 0 spiro atoms. The van der Waals surface area contributed by atoms with E-state index in [1.165, 1.54) is 24.3 Å². The lowest BCUT2D eigenvalue weighted by molar-refractivity contribution is 0.549. The second-order valence-electron chi connectivity index (χ2n) is 4.08. The summed E-state index contributed by atoms with van der Waals surface area (Å²) in [5, 5.41) is -0.849. The summed E-state index contributed by atoms with van der Waals surface area (Å²) >= 11 is 9.06. The molecule has 0 aliphatic rings. The van der Waals surface area contributed by atoms with Gasteiger partial charge in [0.25, 0.3) is 0 Å². The van der Waals surface area contributed by atoms with Crippen LogP contribution >= 0.6 is 27.5 Å². The average Bonchev–Trinajstić information content (AvgIpc) is 2.30. The highest BCUT2D eigenvalue weighted by Gasteiger charge is 2.19. The monoisotopic (exact) mass is 348 g/mol. The van der Waals surface area contributed by atoms with Crippen LogP contribution in [0.5, 0.6) is 0 Å². The Bertz CT molecular complexity index is 561. The summed E-state index contributed by atoms with van der Waals surface area (Å²) in [6.07, 6.45) is 0.220. The highest BCUT2D eigenvalue weighted by molar-refractivity contribution is 9.10. The molecule has 0 aliphatic carbocycles. The van der Waals surface area contributed by atoms with Crippen LogP contribution in [0.1, 0.15) is 16.5 Å². The molecule has 0 radical (unpaired) electrons. The topological polar surface area (TPSA) is 0 Å². The Morgan fingerprint density at radius 1 is 1.00 bits per heavy atom. The third-order valence-electron chi connectivity index (χ3n) is 2.69. The van der Waals surface area contributed by atoms with E-state index in [2.05, 4.69) is 15.9 Å². The van der Waals surface area contributed by atoms with Crippen LogP contribution in [0.4, 0.5) is 13.2 Å². The van der Waals surface area contributed by atoms with Gasteiger partial charge in [0.2, 0.25) is 0 Å². The normalized spacial score (nSPS) is 12.5. The number of hydrogen-bond donors (Lipinski definition) is 0. The third kappa shape index (κ3) is 3.51. The molecule has 0 fully saturated rings. The summed E-state index contributed by atoms with van der Waals surface area (Å²) in [6, 6.07) is 7.98. The van der Waals surface area contributed by atoms with E-state index in [4.69, 9.17) is 11.6 Å². The van der Waals surface area contributed by atoms with Crippen LogP contribution in [-0.4, -0.2) is 0 Å². The lowest BCUT2D eigenvalue weighted by atomic mass is 10.0. The zero-order valence-electron chi connectivity index (χ0n) is 9.64. The first kappa shape index (κ1) is 14.4. The second kappa shape index (κ2) is 5.97. The molecule has 0 aromatic heterocycles. The number of rotatable bonds is 3. The van der Waals surface area contributed by atoms with Crippen LogP contribution in [0, 0.1) is 17.5 Å². The van der Waals surface area contributed by atoms with Crippen molar-refractivity contribution in [3.63, 3.8) is 0 Å². The van der Waals surface area contributed by atoms with E-state index in [9.17, 15) is 13.2 Å². The molecule has 100 valence electrons. The van der Waals surface area contributed by atoms with Gasteiger partial charge < -0.3 is 0 Å². The average molecular weight is 350 g/mol. The first-order valence-electron chi connectivity index (χ1n) is 5.50. The van der Waals surface area contributed by atoms with Gasteiger partial charge in [0, 0.05) is 10.0 Å². The zero-order chi connectivity index (χ0) is 14.0. The predicted molar refractivity (Wildman–Crippen MR) is 72.8 cm³/mol. The Balaban J connectivity index is 2.25. The molecule has 1 atom stereocenters. The zero-order valence-corrected chi connectivity index (χ0v) is 12.0. The molecule has 2 aromatic carbocycles. The van der Waals surface area contributed by atoms with Crippen molar-refractivity contribution < 1.29 is 13.2 Å². The molecule has 1 unspecified atom stereocenters. The summed E-state index contributed by atoms with van der Waals surface area (Å²) in [5.74, 6) is -1.76. The molecular weight excluding hydrogens is 341 g/mol. The molecule has 0 amide bonds. The van der Waals surface area contributed by atoms with Crippen molar-refractivity contribution in [1.82, 2.24) is 0 Å². The molecule has 0 aliphatic heterocycles. The summed E-state index contributed by atoms with van der Waals surface area (Å²) < 4.78 is 40.5. The summed E-state index contributed by atoms with van der Waals surface area (Å²) in [5.41, 5.74) is 0.539. The summed E-state index contributed by atoms with van der Waals surface area (Å²) in [7, 11) is 0. The minimum Gasteiger partial charge on any atom is -0.207 e. The van der Waals surface area contributed by atoms with Gasteiger partial charge in [0.1, 0.15) is 17.5 Å². The van der Waals surface area contributed by atoms with E-state index < -0.39 is 17.0 Å². The van der Waals surface area contributed by atoms with Gasteiger partial charge in [-0.1, -0.05) is 28.1 Å². The first-order chi connectivity index (χ1) is 8.97. The van der Waals surface area contributed by atoms with Crippen LogP contribution in [0.25, 0.3) is 0 Å². The molecule has 5 heteroatoms. The maximum atomic E-state index is 13.7. The van der Waals surface area contributed by atoms with Crippen molar-refractivity contribution >= 4 is 27.5 Å². The van der Waals surface area contributed by atoms with Gasteiger partial charge in [0.15, 0.2) is 0 Å². The maximum absolute atomic E-state index is 13.7. The molecule has 0 N–H and O–H groups in total. The highest BCUT2D eigenvalue weighted by atomic mass is 79.9. The Morgan fingerprint density at radius 2 is 1.53 bits per heavy atom. The Hall–Kier alpha value is -1.00. The fraction of sp³-hybridized carbons (Fsp3) is 0.143. The van der Waals surface area contributed by atoms with Crippen LogP contribution < -0.4 is 0 Å². The SMILES string of the molecule is Fc1ccc(CC(Cl)c2c(F)cc(Br)cc2F)cc1. The van der Waals surface area contributed by atoms with Crippen molar-refractivity contribution in [3.8, 4) is 0 Å². The molecule has 0 saturated carbocycles. The van der Waals surface area contributed by atoms with Crippen LogP contribution in [0.15, 0.2) is 40.9 Å². The highest BCUT2D eigenvalue weighted by Crippen LogP contribution is 2.31. The maximum Gasteiger partial charge on any atom is 0.131 e. The van der Waals surface area contributed by atoms with Gasteiger partial charge in [0.05, 0.1) is 5.38 Å². The molecule has 19 heavy (non-hydrogen) atoms. The van der Waals surface area contributed by atoms with Crippen LogP contribution in [0.2, 0.25) is 0 Å². The van der Waals surface area contributed by atoms with Crippen LogP contribution in [-0.2, 0) is 6.42 Å². The van der Waals surface area contributed by atoms with Crippen molar-refractivity contribution in [3.05, 3.63) is 69.4 Å². The van der Waals surface area contributed by atoms with Crippen molar-refractivity contribution in [2.45, 2.75) is 11.8 Å². The minimum atomic E-state index is -0.849. The molecule has 2 rings (SSSR count). The number of benzene rings is 2. The van der Waals surface area contributed by atoms with E-state index in [1.807, 2.05) is 0 Å². The number of hydrogen-bond acceptors (Lipinski definition) is 0. The lowest BCUT2D eigenvalue weighted by Gasteiger charge is -2.12. The minimum absolute atomic E-state index is 0.172. The van der Waals surface area contributed by atoms with Gasteiger partial charge in [-0.15, -0.1) is 11.6 Å². The predicted octanol–water partition coefficient (Wildman–Crippen LogP) is 5.39. The quantitative estimate of drug-likeness (QED) is 0.652. The van der Waals surface area contributed by atoms with E-state index in [-0.39, 0.29) is 17.8 Å².